The number of hydrogen-bond donors (Lipinski definition) is 0. The highest BCUT2D eigenvalue weighted by atomic mass is 16.1. The number of hydrogen-bond acceptors (Lipinski definition) is 1. The second kappa shape index (κ2) is 20.3. The molecule has 1 aliphatic rings. The molecule has 2 atom stereocenters. The molecule has 1 fully saturated rings. The average molecular weight is 571 g/mol. The summed E-state index contributed by atoms with van der Waals surface area (Å²) in [7, 11) is 0. The van der Waals surface area contributed by atoms with Crippen LogP contribution in [-0.4, -0.2) is 5.78 Å². The fourth-order valence-corrected chi connectivity index (χ4v) is 5.94. The van der Waals surface area contributed by atoms with Crippen LogP contribution in [0.5, 0.6) is 0 Å². The van der Waals surface area contributed by atoms with Crippen LogP contribution in [0.4, 0.5) is 0 Å². The first-order valence-electron chi connectivity index (χ1n) is 16.9. The third kappa shape index (κ3) is 10.9. The molecule has 2 aromatic carbocycles. The Morgan fingerprint density at radius 1 is 0.905 bits per heavy atom. The highest BCUT2D eigenvalue weighted by Crippen LogP contribution is 2.44. The SMILES string of the molecule is C=C(C)C(/C(=C1/CCCC(CC)C1)c1ccccc1C)=C(\C(=O)C(C)C)C(C)c1ccccc1.CC.CCCCCC. The van der Waals surface area contributed by atoms with Gasteiger partial charge in [0.05, 0.1) is 0 Å². The van der Waals surface area contributed by atoms with Gasteiger partial charge in [0.2, 0.25) is 0 Å². The molecule has 232 valence electrons. The Hall–Kier alpha value is -2.67. The summed E-state index contributed by atoms with van der Waals surface area (Å²) in [6, 6.07) is 19.1. The molecule has 2 unspecified atom stereocenters. The molecule has 0 radical (unpaired) electrons. The number of aryl methyl sites for hydroxylation is 1. The first-order chi connectivity index (χ1) is 20.2. The predicted octanol–water partition coefficient (Wildman–Crippen LogP) is 12.9. The van der Waals surface area contributed by atoms with Crippen molar-refractivity contribution in [1.29, 1.82) is 0 Å². The van der Waals surface area contributed by atoms with E-state index in [1.807, 2.05) is 33.8 Å². The number of unbranched alkanes of at least 4 members (excludes halogenated alkanes) is 3. The zero-order valence-electron chi connectivity index (χ0n) is 28.9. The average Bonchev–Trinajstić information content (AvgIpc) is 3.01. The second-order valence-electron chi connectivity index (χ2n) is 12.1. The monoisotopic (exact) mass is 570 g/mol. The van der Waals surface area contributed by atoms with E-state index in [1.54, 1.807) is 0 Å². The van der Waals surface area contributed by atoms with Crippen LogP contribution in [0.3, 0.4) is 0 Å². The molecule has 1 aliphatic carbocycles. The Morgan fingerprint density at radius 3 is 1.98 bits per heavy atom. The van der Waals surface area contributed by atoms with Crippen LogP contribution < -0.4 is 0 Å². The molecular formula is C41H62O. The number of ketones is 1. The molecule has 0 heterocycles. The maximum absolute atomic E-state index is 13.9. The minimum atomic E-state index is -0.0756. The molecule has 3 rings (SSSR count). The van der Waals surface area contributed by atoms with Crippen LogP contribution in [0.2, 0.25) is 0 Å². The molecule has 1 heteroatoms. The van der Waals surface area contributed by atoms with Crippen molar-refractivity contribution in [3.8, 4) is 0 Å². The van der Waals surface area contributed by atoms with E-state index < -0.39 is 0 Å². The minimum absolute atomic E-state index is 0.00650. The third-order valence-corrected chi connectivity index (χ3v) is 8.40. The molecule has 1 saturated carbocycles. The van der Waals surface area contributed by atoms with Crippen molar-refractivity contribution in [3.05, 3.63) is 100 Å². The summed E-state index contributed by atoms with van der Waals surface area (Å²) in [5.74, 6) is 0.857. The fourth-order valence-electron chi connectivity index (χ4n) is 5.94. The van der Waals surface area contributed by atoms with E-state index in [0.717, 1.165) is 29.6 Å². The Morgan fingerprint density at radius 2 is 1.48 bits per heavy atom. The van der Waals surface area contributed by atoms with Crippen molar-refractivity contribution in [2.24, 2.45) is 11.8 Å². The molecule has 0 aliphatic heterocycles. The number of rotatable bonds is 11. The largest absolute Gasteiger partial charge is 0.294 e. The normalized spacial score (nSPS) is 17.2. The Bertz CT molecular complexity index is 1140. The lowest BCUT2D eigenvalue weighted by Crippen LogP contribution is -2.20. The van der Waals surface area contributed by atoms with Gasteiger partial charge in [0.1, 0.15) is 0 Å². The Balaban J connectivity index is 0.000000979. The number of allylic oxidation sites excluding steroid dienone is 5. The summed E-state index contributed by atoms with van der Waals surface area (Å²) in [6.45, 7) is 25.7. The van der Waals surface area contributed by atoms with E-state index in [0.29, 0.717) is 5.92 Å². The first kappa shape index (κ1) is 37.4. The van der Waals surface area contributed by atoms with Crippen LogP contribution in [0, 0.1) is 18.8 Å². The quantitative estimate of drug-likeness (QED) is 0.149. The minimum Gasteiger partial charge on any atom is -0.294 e. The lowest BCUT2D eigenvalue weighted by molar-refractivity contribution is -0.118. The first-order valence-corrected chi connectivity index (χ1v) is 16.9. The molecule has 0 bridgehead atoms. The molecule has 0 spiro atoms. The Kier molecular flexibility index (Phi) is 18.0. The van der Waals surface area contributed by atoms with Crippen molar-refractivity contribution in [1.82, 2.24) is 0 Å². The van der Waals surface area contributed by atoms with Crippen molar-refractivity contribution in [2.75, 3.05) is 0 Å². The molecule has 0 aromatic heterocycles. The number of carbonyl (C=O) groups excluding carboxylic acids is 1. The molecule has 2 aromatic rings. The van der Waals surface area contributed by atoms with E-state index in [2.05, 4.69) is 96.7 Å². The van der Waals surface area contributed by atoms with E-state index >= 15 is 0 Å². The maximum Gasteiger partial charge on any atom is 0.162 e. The molecule has 0 saturated heterocycles. The predicted molar refractivity (Wildman–Crippen MR) is 188 cm³/mol. The van der Waals surface area contributed by atoms with Crippen LogP contribution in [0.1, 0.15) is 143 Å². The van der Waals surface area contributed by atoms with Gasteiger partial charge in [-0.1, -0.05) is 160 Å². The highest BCUT2D eigenvalue weighted by molar-refractivity contribution is 6.04. The summed E-state index contributed by atoms with van der Waals surface area (Å²) in [4.78, 5) is 13.9. The lowest BCUT2D eigenvalue weighted by Gasteiger charge is -2.30. The van der Waals surface area contributed by atoms with Crippen LogP contribution in [0.25, 0.3) is 5.57 Å². The smallest absolute Gasteiger partial charge is 0.162 e. The molecule has 1 nitrogen and oxygen atoms in total. The van der Waals surface area contributed by atoms with Crippen molar-refractivity contribution in [3.63, 3.8) is 0 Å². The van der Waals surface area contributed by atoms with Crippen molar-refractivity contribution < 1.29 is 4.79 Å². The standard InChI is InChI=1S/C33H42O.C6H14.C2H6/c1-8-26-16-14-19-28(21-26)32(29-20-13-12-15-24(29)6)30(22(2)3)31(33(34)23(4)5)25(7)27-17-10-9-11-18-27;1-3-5-6-4-2;1-2/h9-13,15,17-18,20,23,25-26H,2,8,14,16,19,21H2,1,3-7H3;3-6H2,1-2H3;1-2H3/b31-30+,32-28-;;. The topological polar surface area (TPSA) is 17.1 Å². The van der Waals surface area contributed by atoms with Gasteiger partial charge in [-0.05, 0) is 73.3 Å². The molecule has 0 N–H and O–H groups in total. The molecule has 42 heavy (non-hydrogen) atoms. The van der Waals surface area contributed by atoms with Crippen LogP contribution in [-0.2, 0) is 4.79 Å². The summed E-state index contributed by atoms with van der Waals surface area (Å²) < 4.78 is 0. The van der Waals surface area contributed by atoms with Gasteiger partial charge in [0.15, 0.2) is 5.78 Å². The second-order valence-corrected chi connectivity index (χ2v) is 12.1. The summed E-state index contributed by atoms with van der Waals surface area (Å²) in [5, 5.41) is 0. The fraction of sp³-hybridized carbons (Fsp3) is 0.537. The summed E-state index contributed by atoms with van der Waals surface area (Å²) in [5.41, 5.74) is 9.43. The van der Waals surface area contributed by atoms with Crippen molar-refractivity contribution >= 4 is 11.4 Å². The maximum atomic E-state index is 13.9. The van der Waals surface area contributed by atoms with Gasteiger partial charge >= 0.3 is 0 Å². The number of carbonyl (C=O) groups is 1. The van der Waals surface area contributed by atoms with E-state index in [4.69, 9.17) is 0 Å². The zero-order chi connectivity index (χ0) is 31.7. The van der Waals surface area contributed by atoms with E-state index in [-0.39, 0.29) is 17.6 Å². The van der Waals surface area contributed by atoms with Gasteiger partial charge in [0, 0.05) is 17.4 Å². The van der Waals surface area contributed by atoms with E-state index in [9.17, 15) is 4.79 Å². The van der Waals surface area contributed by atoms with Gasteiger partial charge in [-0.15, -0.1) is 0 Å². The Labute approximate surface area is 260 Å². The van der Waals surface area contributed by atoms with E-state index in [1.165, 1.54) is 72.8 Å². The van der Waals surface area contributed by atoms with Gasteiger partial charge in [-0.2, -0.15) is 0 Å². The number of Topliss-reactive ketones (excluding diaryl/α,β-unsaturated/α-hetero) is 1. The van der Waals surface area contributed by atoms with Crippen LogP contribution >= 0.6 is 0 Å². The van der Waals surface area contributed by atoms with Gasteiger partial charge in [-0.3, -0.25) is 4.79 Å². The van der Waals surface area contributed by atoms with Gasteiger partial charge in [-0.25, -0.2) is 0 Å². The number of benzene rings is 2. The third-order valence-electron chi connectivity index (χ3n) is 8.40. The van der Waals surface area contributed by atoms with Crippen LogP contribution in [0.15, 0.2) is 83.5 Å². The van der Waals surface area contributed by atoms with Crippen molar-refractivity contribution in [2.45, 2.75) is 133 Å². The summed E-state index contributed by atoms with van der Waals surface area (Å²) >= 11 is 0. The summed E-state index contributed by atoms with van der Waals surface area (Å²) in [6.07, 6.45) is 11.5. The van der Waals surface area contributed by atoms with Gasteiger partial charge < -0.3 is 0 Å². The molecular weight excluding hydrogens is 508 g/mol. The highest BCUT2D eigenvalue weighted by Gasteiger charge is 2.30. The van der Waals surface area contributed by atoms with Gasteiger partial charge in [0.25, 0.3) is 0 Å². The lowest BCUT2D eigenvalue weighted by atomic mass is 9.73. The molecule has 0 amide bonds. The zero-order valence-corrected chi connectivity index (χ0v) is 28.9.